The van der Waals surface area contributed by atoms with Crippen molar-refractivity contribution in [1.82, 2.24) is 0 Å². The van der Waals surface area contributed by atoms with E-state index in [1.54, 1.807) is 19.2 Å². The third kappa shape index (κ3) is 2.85. The Morgan fingerprint density at radius 1 is 1.17 bits per heavy atom. The Morgan fingerprint density at radius 3 is 2.56 bits per heavy atom. The molecule has 0 heterocycles. The normalized spacial score (nSPS) is 12.2. The zero-order chi connectivity index (χ0) is 13.1. The Hall–Kier alpha value is -1.06. The van der Waals surface area contributed by atoms with Crippen molar-refractivity contribution in [3.63, 3.8) is 0 Å². The monoisotopic (exact) mass is 328 g/mol. The molecule has 0 saturated heterocycles. The maximum absolute atomic E-state index is 13.2. The van der Waals surface area contributed by atoms with Crippen molar-refractivity contribution in [2.24, 2.45) is 0 Å². The molecule has 18 heavy (non-hydrogen) atoms. The minimum atomic E-state index is -0.336. The standard InChI is InChI=1S/C14H11BrClFO/c1-18-11-4-2-3-9(7-11)14(16)10-5-6-13(17)12(15)8-10/h2-8,14H,1H3. The molecule has 1 unspecified atom stereocenters. The zero-order valence-corrected chi connectivity index (χ0v) is 12.0. The molecule has 0 aliphatic heterocycles. The van der Waals surface area contributed by atoms with Gasteiger partial charge in [-0.05, 0) is 51.3 Å². The largest absolute Gasteiger partial charge is 0.497 e. The van der Waals surface area contributed by atoms with Crippen LogP contribution in [-0.2, 0) is 0 Å². The molecule has 0 spiro atoms. The summed E-state index contributed by atoms with van der Waals surface area (Å²) in [5.74, 6) is 0.451. The highest BCUT2D eigenvalue weighted by atomic mass is 79.9. The number of methoxy groups -OCH3 is 1. The summed E-state index contributed by atoms with van der Waals surface area (Å²) in [6, 6.07) is 12.3. The topological polar surface area (TPSA) is 9.23 Å². The second-order valence-corrected chi connectivity index (χ2v) is 5.10. The van der Waals surface area contributed by atoms with Crippen molar-refractivity contribution >= 4 is 27.5 Å². The Balaban J connectivity index is 2.34. The average molecular weight is 330 g/mol. The second kappa shape index (κ2) is 5.72. The molecule has 2 aromatic carbocycles. The molecule has 0 saturated carbocycles. The summed E-state index contributed by atoms with van der Waals surface area (Å²) in [5, 5.41) is -0.336. The van der Waals surface area contributed by atoms with E-state index >= 15 is 0 Å². The van der Waals surface area contributed by atoms with Crippen molar-refractivity contribution in [3.05, 3.63) is 63.9 Å². The number of benzene rings is 2. The summed E-state index contributed by atoms with van der Waals surface area (Å²) in [6.45, 7) is 0. The first-order valence-corrected chi connectivity index (χ1v) is 6.57. The Bertz CT molecular complexity index is 559. The number of hydrogen-bond donors (Lipinski definition) is 0. The van der Waals surface area contributed by atoms with Crippen LogP contribution in [0.25, 0.3) is 0 Å². The number of halogens is 3. The molecule has 0 amide bonds. The lowest BCUT2D eigenvalue weighted by Gasteiger charge is -2.12. The third-order valence-corrected chi connectivity index (χ3v) is 3.73. The summed E-state index contributed by atoms with van der Waals surface area (Å²) in [5.41, 5.74) is 1.74. The SMILES string of the molecule is COc1cccc(C(Cl)c2ccc(F)c(Br)c2)c1. The summed E-state index contributed by atoms with van der Waals surface area (Å²) in [4.78, 5) is 0. The Kier molecular flexibility index (Phi) is 4.25. The van der Waals surface area contributed by atoms with E-state index in [4.69, 9.17) is 16.3 Å². The molecular weight excluding hydrogens is 319 g/mol. The van der Waals surface area contributed by atoms with Gasteiger partial charge in [-0.3, -0.25) is 0 Å². The van der Waals surface area contributed by atoms with Crippen LogP contribution in [0.4, 0.5) is 4.39 Å². The van der Waals surface area contributed by atoms with Crippen LogP contribution in [-0.4, -0.2) is 7.11 Å². The molecule has 2 aromatic rings. The van der Waals surface area contributed by atoms with E-state index in [0.29, 0.717) is 4.47 Å². The highest BCUT2D eigenvalue weighted by molar-refractivity contribution is 9.10. The number of ether oxygens (including phenoxy) is 1. The van der Waals surface area contributed by atoms with Crippen molar-refractivity contribution in [1.29, 1.82) is 0 Å². The maximum atomic E-state index is 13.2. The van der Waals surface area contributed by atoms with Crippen LogP contribution >= 0.6 is 27.5 Å². The maximum Gasteiger partial charge on any atom is 0.137 e. The summed E-state index contributed by atoms with van der Waals surface area (Å²) < 4.78 is 18.7. The fourth-order valence-corrected chi connectivity index (χ4v) is 2.33. The highest BCUT2D eigenvalue weighted by Gasteiger charge is 2.13. The van der Waals surface area contributed by atoms with Gasteiger partial charge in [-0.2, -0.15) is 0 Å². The molecule has 4 heteroatoms. The Labute approximate surface area is 119 Å². The van der Waals surface area contributed by atoms with Crippen molar-refractivity contribution in [3.8, 4) is 5.75 Å². The van der Waals surface area contributed by atoms with Gasteiger partial charge >= 0.3 is 0 Å². The molecule has 0 N–H and O–H groups in total. The minimum Gasteiger partial charge on any atom is -0.497 e. The van der Waals surface area contributed by atoms with Crippen LogP contribution in [0.2, 0.25) is 0 Å². The highest BCUT2D eigenvalue weighted by Crippen LogP contribution is 2.32. The second-order valence-electron chi connectivity index (χ2n) is 3.81. The molecular formula is C14H11BrClFO. The molecule has 1 atom stereocenters. The first-order chi connectivity index (χ1) is 8.61. The lowest BCUT2D eigenvalue weighted by Crippen LogP contribution is -1.95. The molecule has 0 aliphatic rings. The predicted molar refractivity (Wildman–Crippen MR) is 74.8 cm³/mol. The van der Waals surface area contributed by atoms with Crippen molar-refractivity contribution < 1.29 is 9.13 Å². The van der Waals surface area contributed by atoms with E-state index < -0.39 is 0 Å². The quantitative estimate of drug-likeness (QED) is 0.726. The zero-order valence-electron chi connectivity index (χ0n) is 9.66. The van der Waals surface area contributed by atoms with E-state index in [2.05, 4.69) is 15.9 Å². The first kappa shape index (κ1) is 13.4. The lowest BCUT2D eigenvalue weighted by atomic mass is 10.0. The van der Waals surface area contributed by atoms with E-state index in [1.807, 2.05) is 24.3 Å². The van der Waals surface area contributed by atoms with Crippen LogP contribution in [0.1, 0.15) is 16.5 Å². The average Bonchev–Trinajstić information content (AvgIpc) is 2.41. The fraction of sp³-hybridized carbons (Fsp3) is 0.143. The first-order valence-electron chi connectivity index (χ1n) is 5.35. The summed E-state index contributed by atoms with van der Waals surface area (Å²) in [7, 11) is 1.61. The molecule has 2 rings (SSSR count). The van der Waals surface area contributed by atoms with Gasteiger partial charge in [-0.25, -0.2) is 4.39 Å². The molecule has 0 bridgehead atoms. The smallest absolute Gasteiger partial charge is 0.137 e. The number of alkyl halides is 1. The van der Waals surface area contributed by atoms with Gasteiger partial charge in [0.2, 0.25) is 0 Å². The molecule has 0 aromatic heterocycles. The van der Waals surface area contributed by atoms with Gasteiger partial charge in [0.15, 0.2) is 0 Å². The van der Waals surface area contributed by atoms with Crippen molar-refractivity contribution in [2.45, 2.75) is 5.38 Å². The van der Waals surface area contributed by atoms with Gasteiger partial charge in [-0.1, -0.05) is 18.2 Å². The van der Waals surface area contributed by atoms with Crippen molar-refractivity contribution in [2.75, 3.05) is 7.11 Å². The molecule has 0 radical (unpaired) electrons. The van der Waals surface area contributed by atoms with Crippen LogP contribution in [0.3, 0.4) is 0 Å². The summed E-state index contributed by atoms with van der Waals surface area (Å²) in [6.07, 6.45) is 0. The lowest BCUT2D eigenvalue weighted by molar-refractivity contribution is 0.414. The molecule has 0 fully saturated rings. The predicted octanol–water partition coefficient (Wildman–Crippen LogP) is 4.93. The van der Waals surface area contributed by atoms with Crippen LogP contribution in [0.15, 0.2) is 46.9 Å². The van der Waals surface area contributed by atoms with Gasteiger partial charge in [0.1, 0.15) is 11.6 Å². The van der Waals surface area contributed by atoms with E-state index in [1.165, 1.54) is 6.07 Å². The molecule has 1 nitrogen and oxygen atoms in total. The van der Waals surface area contributed by atoms with Crippen LogP contribution in [0.5, 0.6) is 5.75 Å². The minimum absolute atomic E-state index is 0.298. The van der Waals surface area contributed by atoms with Gasteiger partial charge in [0.05, 0.1) is 17.0 Å². The molecule has 0 aliphatic carbocycles. The van der Waals surface area contributed by atoms with Gasteiger partial charge in [-0.15, -0.1) is 11.6 Å². The number of hydrogen-bond acceptors (Lipinski definition) is 1. The van der Waals surface area contributed by atoms with Gasteiger partial charge < -0.3 is 4.74 Å². The Morgan fingerprint density at radius 2 is 1.89 bits per heavy atom. The third-order valence-electron chi connectivity index (χ3n) is 2.62. The van der Waals surface area contributed by atoms with Crippen LogP contribution in [0, 0.1) is 5.82 Å². The van der Waals surface area contributed by atoms with Crippen LogP contribution < -0.4 is 4.74 Å². The fourth-order valence-electron chi connectivity index (χ4n) is 1.66. The summed E-state index contributed by atoms with van der Waals surface area (Å²) >= 11 is 9.54. The molecule has 94 valence electrons. The van der Waals surface area contributed by atoms with E-state index in [0.717, 1.165) is 16.9 Å². The van der Waals surface area contributed by atoms with Gasteiger partial charge in [0, 0.05) is 0 Å². The van der Waals surface area contributed by atoms with E-state index in [-0.39, 0.29) is 11.2 Å². The van der Waals surface area contributed by atoms with Gasteiger partial charge in [0.25, 0.3) is 0 Å². The van der Waals surface area contributed by atoms with E-state index in [9.17, 15) is 4.39 Å². The number of rotatable bonds is 3.